The van der Waals surface area contributed by atoms with Gasteiger partial charge in [-0.25, -0.2) is 4.98 Å². The van der Waals surface area contributed by atoms with Crippen LogP contribution in [0.5, 0.6) is 5.88 Å². The summed E-state index contributed by atoms with van der Waals surface area (Å²) in [5, 5.41) is 0. The number of alkyl halides is 3. The molecule has 0 radical (unpaired) electrons. The van der Waals surface area contributed by atoms with Crippen molar-refractivity contribution in [3.63, 3.8) is 0 Å². The van der Waals surface area contributed by atoms with Crippen molar-refractivity contribution in [1.29, 1.82) is 0 Å². The number of nitrogens with zero attached hydrogens (tertiary/aromatic N) is 3. The average molecular weight is 333 g/mol. The van der Waals surface area contributed by atoms with Gasteiger partial charge in [-0.2, -0.15) is 4.98 Å². The molecule has 1 amide bonds. The number of anilines is 1. The lowest BCUT2D eigenvalue weighted by Gasteiger charge is -2.25. The Kier molecular flexibility index (Phi) is 6.35. The quantitative estimate of drug-likeness (QED) is 0.791. The SMILES string of the molecule is CCCCN(C(=O)CC(C)(C)C)c1nccc(OC(F)(F)F)n1. The predicted molar refractivity (Wildman–Crippen MR) is 80.0 cm³/mol. The molecular formula is C15H22F3N3O2. The highest BCUT2D eigenvalue weighted by Crippen LogP contribution is 2.24. The molecule has 0 aliphatic carbocycles. The molecule has 1 rings (SSSR count). The lowest BCUT2D eigenvalue weighted by atomic mass is 9.91. The van der Waals surface area contributed by atoms with Gasteiger partial charge in [0, 0.05) is 25.2 Å². The maximum absolute atomic E-state index is 12.4. The Morgan fingerprint density at radius 3 is 2.48 bits per heavy atom. The van der Waals surface area contributed by atoms with Gasteiger partial charge in [0.1, 0.15) is 0 Å². The van der Waals surface area contributed by atoms with Crippen molar-refractivity contribution in [2.75, 3.05) is 11.4 Å². The van der Waals surface area contributed by atoms with E-state index in [0.717, 1.165) is 18.7 Å². The first-order chi connectivity index (χ1) is 10.5. The fourth-order valence-electron chi connectivity index (χ4n) is 1.84. The molecule has 0 fully saturated rings. The molecule has 1 heterocycles. The van der Waals surface area contributed by atoms with E-state index in [0.29, 0.717) is 13.0 Å². The second kappa shape index (κ2) is 7.61. The summed E-state index contributed by atoms with van der Waals surface area (Å²) < 4.78 is 40.7. The van der Waals surface area contributed by atoms with Crippen LogP contribution in [0.4, 0.5) is 19.1 Å². The number of aromatic nitrogens is 2. The fourth-order valence-corrected chi connectivity index (χ4v) is 1.84. The zero-order valence-corrected chi connectivity index (χ0v) is 13.8. The molecule has 5 nitrogen and oxygen atoms in total. The van der Waals surface area contributed by atoms with Crippen LogP contribution in [-0.2, 0) is 4.79 Å². The molecule has 130 valence electrons. The summed E-state index contributed by atoms with van der Waals surface area (Å²) in [4.78, 5) is 21.4. The van der Waals surface area contributed by atoms with Crippen LogP contribution in [0.3, 0.4) is 0 Å². The van der Waals surface area contributed by atoms with Crippen LogP contribution in [0.15, 0.2) is 12.3 Å². The normalized spacial score (nSPS) is 12.1. The third-order valence-corrected chi connectivity index (χ3v) is 2.80. The highest BCUT2D eigenvalue weighted by molar-refractivity contribution is 5.91. The molecule has 0 saturated heterocycles. The maximum Gasteiger partial charge on any atom is 0.574 e. The molecule has 0 aliphatic rings. The number of carbonyl (C=O) groups is 1. The minimum atomic E-state index is -4.84. The molecule has 0 bridgehead atoms. The van der Waals surface area contributed by atoms with Crippen LogP contribution in [0, 0.1) is 5.41 Å². The largest absolute Gasteiger partial charge is 0.574 e. The summed E-state index contributed by atoms with van der Waals surface area (Å²) >= 11 is 0. The Hall–Kier alpha value is -1.86. The molecule has 0 N–H and O–H groups in total. The summed E-state index contributed by atoms with van der Waals surface area (Å²) in [6, 6.07) is 1.00. The molecule has 1 aromatic heterocycles. The standard InChI is InChI=1S/C15H22F3N3O2/c1-5-6-9-21(12(22)10-14(2,3)4)13-19-8-7-11(20-13)23-15(16,17)18/h7-8H,5-6,9-10H2,1-4H3. The van der Waals surface area contributed by atoms with Crippen molar-refractivity contribution in [1.82, 2.24) is 9.97 Å². The van der Waals surface area contributed by atoms with Gasteiger partial charge in [-0.05, 0) is 11.8 Å². The summed E-state index contributed by atoms with van der Waals surface area (Å²) in [6.07, 6.45) is -1.92. The van der Waals surface area contributed by atoms with Crippen LogP contribution in [0.1, 0.15) is 47.0 Å². The van der Waals surface area contributed by atoms with E-state index in [2.05, 4.69) is 14.7 Å². The third-order valence-electron chi connectivity index (χ3n) is 2.80. The zero-order chi connectivity index (χ0) is 17.7. The summed E-state index contributed by atoms with van der Waals surface area (Å²) in [7, 11) is 0. The van der Waals surface area contributed by atoms with Crippen molar-refractivity contribution < 1.29 is 22.7 Å². The monoisotopic (exact) mass is 333 g/mol. The molecule has 0 saturated carbocycles. The second-order valence-corrected chi connectivity index (χ2v) is 6.38. The highest BCUT2D eigenvalue weighted by atomic mass is 19.4. The van der Waals surface area contributed by atoms with Crippen LogP contribution in [0.2, 0.25) is 0 Å². The number of ether oxygens (including phenoxy) is 1. The van der Waals surface area contributed by atoms with Crippen molar-refractivity contribution in [3.8, 4) is 5.88 Å². The number of carbonyl (C=O) groups excluding carboxylic acids is 1. The molecule has 23 heavy (non-hydrogen) atoms. The molecule has 8 heteroatoms. The number of halogens is 3. The van der Waals surface area contributed by atoms with Crippen LogP contribution >= 0.6 is 0 Å². The van der Waals surface area contributed by atoms with Gasteiger partial charge in [-0.3, -0.25) is 9.69 Å². The van der Waals surface area contributed by atoms with Crippen molar-refractivity contribution in [2.24, 2.45) is 5.41 Å². The number of rotatable bonds is 6. The first kappa shape index (κ1) is 19.2. The minimum absolute atomic E-state index is 0.0746. The molecule has 0 atom stereocenters. The number of amides is 1. The van der Waals surface area contributed by atoms with Gasteiger partial charge < -0.3 is 4.74 Å². The van der Waals surface area contributed by atoms with Gasteiger partial charge in [-0.15, -0.1) is 13.2 Å². The van der Waals surface area contributed by atoms with Gasteiger partial charge in [0.25, 0.3) is 0 Å². The number of hydrogen-bond acceptors (Lipinski definition) is 4. The van der Waals surface area contributed by atoms with Crippen molar-refractivity contribution in [2.45, 2.75) is 53.3 Å². The van der Waals surface area contributed by atoms with E-state index in [4.69, 9.17) is 0 Å². The third kappa shape index (κ3) is 7.30. The number of unbranched alkanes of at least 4 members (excludes halogenated alkanes) is 1. The Balaban J connectivity index is 3.02. The molecule has 0 aromatic carbocycles. The van der Waals surface area contributed by atoms with Crippen LogP contribution in [0.25, 0.3) is 0 Å². The van der Waals surface area contributed by atoms with Gasteiger partial charge in [0.05, 0.1) is 0 Å². The van der Waals surface area contributed by atoms with E-state index >= 15 is 0 Å². The first-order valence-electron chi connectivity index (χ1n) is 7.41. The van der Waals surface area contributed by atoms with E-state index < -0.39 is 12.2 Å². The summed E-state index contributed by atoms with van der Waals surface area (Å²) in [5.41, 5.74) is -0.248. The van der Waals surface area contributed by atoms with E-state index in [1.165, 1.54) is 4.90 Å². The van der Waals surface area contributed by atoms with Crippen molar-refractivity contribution in [3.05, 3.63) is 12.3 Å². The summed E-state index contributed by atoms with van der Waals surface area (Å²) in [6.45, 7) is 8.03. The van der Waals surface area contributed by atoms with Gasteiger partial charge in [0.2, 0.25) is 17.7 Å². The first-order valence-corrected chi connectivity index (χ1v) is 7.41. The van der Waals surface area contributed by atoms with E-state index in [1.807, 2.05) is 27.7 Å². The van der Waals surface area contributed by atoms with E-state index in [1.54, 1.807) is 0 Å². The average Bonchev–Trinajstić information content (AvgIpc) is 2.35. The molecule has 0 aliphatic heterocycles. The zero-order valence-electron chi connectivity index (χ0n) is 13.8. The molecule has 0 spiro atoms. The lowest BCUT2D eigenvalue weighted by Crippen LogP contribution is -2.35. The van der Waals surface area contributed by atoms with E-state index in [9.17, 15) is 18.0 Å². The Morgan fingerprint density at radius 2 is 1.96 bits per heavy atom. The molecular weight excluding hydrogens is 311 g/mol. The van der Waals surface area contributed by atoms with Gasteiger partial charge in [-0.1, -0.05) is 34.1 Å². The summed E-state index contributed by atoms with van der Waals surface area (Å²) in [5.74, 6) is -0.933. The Morgan fingerprint density at radius 1 is 1.30 bits per heavy atom. The van der Waals surface area contributed by atoms with Gasteiger partial charge >= 0.3 is 6.36 Å². The molecule has 1 aromatic rings. The smallest absolute Gasteiger partial charge is 0.388 e. The van der Waals surface area contributed by atoms with Crippen molar-refractivity contribution >= 4 is 11.9 Å². The van der Waals surface area contributed by atoms with Crippen LogP contribution < -0.4 is 9.64 Å². The highest BCUT2D eigenvalue weighted by Gasteiger charge is 2.32. The van der Waals surface area contributed by atoms with Gasteiger partial charge in [0.15, 0.2) is 0 Å². The van der Waals surface area contributed by atoms with Crippen LogP contribution in [-0.4, -0.2) is 28.8 Å². The van der Waals surface area contributed by atoms with E-state index in [-0.39, 0.29) is 23.7 Å². The topological polar surface area (TPSA) is 55.3 Å². The minimum Gasteiger partial charge on any atom is -0.388 e. The maximum atomic E-state index is 12.4. The Bertz CT molecular complexity index is 527. The second-order valence-electron chi connectivity index (χ2n) is 6.38. The lowest BCUT2D eigenvalue weighted by molar-refractivity contribution is -0.276. The Labute approximate surface area is 133 Å². The number of hydrogen-bond donors (Lipinski definition) is 0. The molecule has 0 unspecified atom stereocenters. The predicted octanol–water partition coefficient (Wildman–Crippen LogP) is 3.94. The fraction of sp³-hybridized carbons (Fsp3) is 0.667.